The van der Waals surface area contributed by atoms with Crippen LogP contribution in [0.1, 0.15) is 25.3 Å². The standard InChI is InChI=1S/C11H15FN2/c1-11(2)8(5-13)10(11)7-3-4-14-6-9(7)12/h3-4,6,8,10H,5,13H2,1-2H3/t8-,10-/m1/s1. The average Bonchev–Trinajstić information content (AvgIpc) is 2.69. The van der Waals surface area contributed by atoms with Crippen LogP contribution in [0.2, 0.25) is 0 Å². The Kier molecular flexibility index (Phi) is 2.07. The largest absolute Gasteiger partial charge is 0.330 e. The van der Waals surface area contributed by atoms with E-state index in [1.807, 2.05) is 0 Å². The maximum Gasteiger partial charge on any atom is 0.144 e. The van der Waals surface area contributed by atoms with Crippen LogP contribution in [0.4, 0.5) is 4.39 Å². The van der Waals surface area contributed by atoms with Crippen molar-refractivity contribution in [2.75, 3.05) is 6.54 Å². The zero-order chi connectivity index (χ0) is 10.3. The van der Waals surface area contributed by atoms with Gasteiger partial charge >= 0.3 is 0 Å². The van der Waals surface area contributed by atoms with E-state index in [9.17, 15) is 4.39 Å². The molecule has 2 nitrogen and oxygen atoms in total. The zero-order valence-corrected chi connectivity index (χ0v) is 8.50. The van der Waals surface area contributed by atoms with Crippen LogP contribution in [0.15, 0.2) is 18.5 Å². The summed E-state index contributed by atoms with van der Waals surface area (Å²) in [5.74, 6) is 0.455. The fourth-order valence-corrected chi connectivity index (χ4v) is 2.44. The van der Waals surface area contributed by atoms with Crippen LogP contribution in [-0.2, 0) is 0 Å². The lowest BCUT2D eigenvalue weighted by Crippen LogP contribution is -2.05. The van der Waals surface area contributed by atoms with E-state index < -0.39 is 0 Å². The Balaban J connectivity index is 2.31. The van der Waals surface area contributed by atoms with Crippen molar-refractivity contribution in [2.24, 2.45) is 17.1 Å². The number of hydrogen-bond donors (Lipinski definition) is 1. The highest BCUT2D eigenvalue weighted by Crippen LogP contribution is 2.64. The Morgan fingerprint density at radius 2 is 2.29 bits per heavy atom. The zero-order valence-electron chi connectivity index (χ0n) is 8.50. The first-order valence-corrected chi connectivity index (χ1v) is 4.88. The molecule has 0 saturated heterocycles. The molecular formula is C11H15FN2. The van der Waals surface area contributed by atoms with Crippen molar-refractivity contribution in [3.8, 4) is 0 Å². The summed E-state index contributed by atoms with van der Waals surface area (Å²) in [6, 6.07) is 1.76. The summed E-state index contributed by atoms with van der Waals surface area (Å²) in [5.41, 5.74) is 6.55. The maximum absolute atomic E-state index is 13.4. The summed E-state index contributed by atoms with van der Waals surface area (Å²) in [5, 5.41) is 0. The van der Waals surface area contributed by atoms with Gasteiger partial charge in [-0.2, -0.15) is 0 Å². The van der Waals surface area contributed by atoms with Gasteiger partial charge in [0.25, 0.3) is 0 Å². The molecule has 1 aromatic heterocycles. The summed E-state index contributed by atoms with van der Waals surface area (Å²) in [6.45, 7) is 4.89. The van der Waals surface area contributed by atoms with Crippen molar-refractivity contribution in [3.63, 3.8) is 0 Å². The van der Waals surface area contributed by atoms with Crippen molar-refractivity contribution >= 4 is 0 Å². The van der Waals surface area contributed by atoms with Gasteiger partial charge in [0.2, 0.25) is 0 Å². The second-order valence-electron chi connectivity index (χ2n) is 4.54. The molecule has 76 valence electrons. The molecule has 2 N–H and O–H groups in total. The summed E-state index contributed by atoms with van der Waals surface area (Å²) in [7, 11) is 0. The fourth-order valence-electron chi connectivity index (χ4n) is 2.44. The molecule has 1 aliphatic rings. The van der Waals surface area contributed by atoms with Gasteiger partial charge in [-0.1, -0.05) is 13.8 Å². The van der Waals surface area contributed by atoms with Gasteiger partial charge in [0.05, 0.1) is 6.20 Å². The summed E-state index contributed by atoms with van der Waals surface area (Å²) >= 11 is 0. The van der Waals surface area contributed by atoms with E-state index >= 15 is 0 Å². The van der Waals surface area contributed by atoms with Crippen molar-refractivity contribution in [2.45, 2.75) is 19.8 Å². The normalized spacial score (nSPS) is 28.9. The molecule has 2 atom stereocenters. The number of hydrogen-bond acceptors (Lipinski definition) is 2. The van der Waals surface area contributed by atoms with E-state index in [-0.39, 0.29) is 17.2 Å². The molecule has 1 aliphatic carbocycles. The van der Waals surface area contributed by atoms with E-state index in [2.05, 4.69) is 18.8 Å². The monoisotopic (exact) mass is 194 g/mol. The molecule has 0 unspecified atom stereocenters. The molecule has 2 rings (SSSR count). The van der Waals surface area contributed by atoms with E-state index in [0.29, 0.717) is 12.5 Å². The topological polar surface area (TPSA) is 38.9 Å². The molecule has 14 heavy (non-hydrogen) atoms. The third kappa shape index (κ3) is 1.23. The molecule has 0 radical (unpaired) electrons. The van der Waals surface area contributed by atoms with Crippen molar-refractivity contribution in [3.05, 3.63) is 29.8 Å². The second kappa shape index (κ2) is 3.02. The van der Waals surface area contributed by atoms with Gasteiger partial charge in [0.15, 0.2) is 0 Å². The lowest BCUT2D eigenvalue weighted by atomic mass is 10.0. The van der Waals surface area contributed by atoms with Gasteiger partial charge in [-0.3, -0.25) is 4.98 Å². The van der Waals surface area contributed by atoms with Gasteiger partial charge < -0.3 is 5.73 Å². The highest BCUT2D eigenvalue weighted by atomic mass is 19.1. The van der Waals surface area contributed by atoms with Crippen molar-refractivity contribution < 1.29 is 4.39 Å². The molecule has 1 aromatic rings. The molecule has 1 fully saturated rings. The minimum atomic E-state index is -0.207. The van der Waals surface area contributed by atoms with Gasteiger partial charge in [-0.15, -0.1) is 0 Å². The first kappa shape index (κ1) is 9.59. The summed E-state index contributed by atoms with van der Waals surface area (Å²) < 4.78 is 13.4. The maximum atomic E-state index is 13.4. The predicted octanol–water partition coefficient (Wildman–Crippen LogP) is 1.92. The molecule has 0 aromatic carbocycles. The molecule has 0 spiro atoms. The molecule has 0 amide bonds. The number of halogens is 1. The third-order valence-corrected chi connectivity index (χ3v) is 3.44. The minimum Gasteiger partial charge on any atom is -0.330 e. The van der Waals surface area contributed by atoms with E-state index in [1.165, 1.54) is 6.20 Å². The molecule has 3 heteroatoms. The highest BCUT2D eigenvalue weighted by Gasteiger charge is 2.57. The molecule has 1 saturated carbocycles. The first-order chi connectivity index (χ1) is 6.59. The quantitative estimate of drug-likeness (QED) is 0.781. The van der Waals surface area contributed by atoms with E-state index in [0.717, 1.165) is 5.56 Å². The van der Waals surface area contributed by atoms with E-state index in [1.54, 1.807) is 12.3 Å². The van der Waals surface area contributed by atoms with Crippen LogP contribution in [0.3, 0.4) is 0 Å². The molecule has 1 heterocycles. The Bertz CT molecular complexity index is 349. The van der Waals surface area contributed by atoms with Crippen LogP contribution >= 0.6 is 0 Å². The van der Waals surface area contributed by atoms with Crippen LogP contribution in [0, 0.1) is 17.2 Å². The number of nitrogens with two attached hydrogens (primary N) is 1. The van der Waals surface area contributed by atoms with Crippen LogP contribution in [-0.4, -0.2) is 11.5 Å². The van der Waals surface area contributed by atoms with Gasteiger partial charge in [0, 0.05) is 6.20 Å². The summed E-state index contributed by atoms with van der Waals surface area (Å²) in [4.78, 5) is 3.75. The average molecular weight is 194 g/mol. The second-order valence-corrected chi connectivity index (χ2v) is 4.54. The minimum absolute atomic E-state index is 0.136. The van der Waals surface area contributed by atoms with E-state index in [4.69, 9.17) is 5.73 Å². The van der Waals surface area contributed by atoms with Gasteiger partial charge in [0.1, 0.15) is 5.82 Å². The Hall–Kier alpha value is -0.960. The number of aromatic nitrogens is 1. The first-order valence-electron chi connectivity index (χ1n) is 4.88. The molecule has 0 aliphatic heterocycles. The SMILES string of the molecule is CC1(C)[C@H](CN)[C@H]1c1ccncc1F. The van der Waals surface area contributed by atoms with Crippen LogP contribution in [0.5, 0.6) is 0 Å². The van der Waals surface area contributed by atoms with Crippen molar-refractivity contribution in [1.82, 2.24) is 4.98 Å². The summed E-state index contributed by atoms with van der Waals surface area (Å²) in [6.07, 6.45) is 2.91. The molecule has 0 bridgehead atoms. The Morgan fingerprint density at radius 3 is 2.79 bits per heavy atom. The van der Waals surface area contributed by atoms with Crippen LogP contribution in [0.25, 0.3) is 0 Å². The smallest absolute Gasteiger partial charge is 0.144 e. The number of rotatable bonds is 2. The predicted molar refractivity (Wildman–Crippen MR) is 53.3 cm³/mol. The highest BCUT2D eigenvalue weighted by molar-refractivity contribution is 5.31. The number of nitrogens with zero attached hydrogens (tertiary/aromatic N) is 1. The number of pyridine rings is 1. The Morgan fingerprint density at radius 1 is 1.57 bits per heavy atom. The van der Waals surface area contributed by atoms with Gasteiger partial charge in [-0.05, 0) is 35.4 Å². The lowest BCUT2D eigenvalue weighted by Gasteiger charge is -2.03. The lowest BCUT2D eigenvalue weighted by molar-refractivity contribution is 0.550. The fraction of sp³-hybridized carbons (Fsp3) is 0.545. The van der Waals surface area contributed by atoms with Gasteiger partial charge in [-0.25, -0.2) is 4.39 Å². The van der Waals surface area contributed by atoms with Crippen LogP contribution < -0.4 is 5.73 Å². The third-order valence-electron chi connectivity index (χ3n) is 3.44. The Labute approximate surface area is 83.3 Å². The molecular weight excluding hydrogens is 179 g/mol. The van der Waals surface area contributed by atoms with Crippen molar-refractivity contribution in [1.29, 1.82) is 0 Å².